The number of methoxy groups -OCH3 is 2. The fourth-order valence-corrected chi connectivity index (χ4v) is 3.63. The Hall–Kier alpha value is -2.29. The summed E-state index contributed by atoms with van der Waals surface area (Å²) < 4.78 is 15.1. The second kappa shape index (κ2) is 7.53. The van der Waals surface area contributed by atoms with Crippen molar-refractivity contribution in [3.05, 3.63) is 45.8 Å². The molecule has 0 N–H and O–H groups in total. The van der Waals surface area contributed by atoms with Crippen molar-refractivity contribution < 1.29 is 9.47 Å². The van der Waals surface area contributed by atoms with E-state index in [1.165, 1.54) is 0 Å². The summed E-state index contributed by atoms with van der Waals surface area (Å²) in [4.78, 5) is 0. The van der Waals surface area contributed by atoms with Crippen molar-refractivity contribution >= 4 is 44.4 Å². The highest BCUT2D eigenvalue weighted by Gasteiger charge is 2.06. The van der Waals surface area contributed by atoms with Crippen LogP contribution >= 0.6 is 22.6 Å². The molecule has 136 valence electrons. The number of rotatable bonds is 2. The van der Waals surface area contributed by atoms with E-state index in [1.807, 2.05) is 66.8 Å². The smallest absolute Gasteiger partial charge is 0.131 e. The predicted molar refractivity (Wildman–Crippen MR) is 112 cm³/mol. The first-order valence-electron chi connectivity index (χ1n) is 8.08. The number of fused-ring (bicyclic) bond motifs is 2. The summed E-state index contributed by atoms with van der Waals surface area (Å²) in [5, 5.41) is 10.9. The summed E-state index contributed by atoms with van der Waals surface area (Å²) in [6.07, 6.45) is 0. The summed E-state index contributed by atoms with van der Waals surface area (Å²) in [5.74, 6) is 1.75. The maximum atomic E-state index is 5.15. The van der Waals surface area contributed by atoms with E-state index in [1.54, 1.807) is 14.2 Å². The van der Waals surface area contributed by atoms with Gasteiger partial charge >= 0.3 is 0 Å². The lowest BCUT2D eigenvalue weighted by Gasteiger charge is -1.99. The number of aromatic nitrogens is 4. The van der Waals surface area contributed by atoms with Crippen molar-refractivity contribution in [1.29, 1.82) is 0 Å². The lowest BCUT2D eigenvalue weighted by molar-refractivity contribution is 0.415. The van der Waals surface area contributed by atoms with E-state index in [0.29, 0.717) is 0 Å². The van der Waals surface area contributed by atoms with Crippen molar-refractivity contribution in [2.24, 2.45) is 14.1 Å². The van der Waals surface area contributed by atoms with Crippen LogP contribution in [0.2, 0.25) is 0 Å². The maximum absolute atomic E-state index is 5.15. The number of benzene rings is 2. The Morgan fingerprint density at radius 2 is 1.31 bits per heavy atom. The van der Waals surface area contributed by atoms with Crippen LogP contribution in [0.4, 0.5) is 0 Å². The Bertz CT molecular complexity index is 982. The molecule has 2 aromatic carbocycles. The minimum Gasteiger partial charge on any atom is -0.497 e. The average molecular weight is 464 g/mol. The van der Waals surface area contributed by atoms with Gasteiger partial charge in [-0.25, -0.2) is 0 Å². The van der Waals surface area contributed by atoms with Gasteiger partial charge in [0.05, 0.1) is 30.9 Å². The number of ether oxygens (including phenoxy) is 2. The molecule has 0 saturated carbocycles. The third-order valence-electron chi connectivity index (χ3n) is 4.25. The van der Waals surface area contributed by atoms with Gasteiger partial charge in [-0.1, -0.05) is 0 Å². The molecule has 7 heteroatoms. The van der Waals surface area contributed by atoms with Crippen LogP contribution in [0.1, 0.15) is 5.69 Å². The second-order valence-corrected chi connectivity index (χ2v) is 6.91. The summed E-state index contributed by atoms with van der Waals surface area (Å²) in [7, 11) is 7.23. The molecule has 0 aliphatic heterocycles. The monoisotopic (exact) mass is 464 g/mol. The largest absolute Gasteiger partial charge is 0.497 e. The molecule has 0 spiro atoms. The second-order valence-electron chi connectivity index (χ2n) is 5.89. The topological polar surface area (TPSA) is 54.1 Å². The van der Waals surface area contributed by atoms with Crippen LogP contribution in [0.5, 0.6) is 11.5 Å². The molecule has 0 aliphatic carbocycles. The molecule has 0 aliphatic rings. The number of aryl methyl sites for hydroxylation is 3. The summed E-state index contributed by atoms with van der Waals surface area (Å²) in [6, 6.07) is 11.9. The molecule has 26 heavy (non-hydrogen) atoms. The third kappa shape index (κ3) is 3.48. The molecule has 2 heterocycles. The number of halogens is 1. The van der Waals surface area contributed by atoms with E-state index in [-0.39, 0.29) is 0 Å². The lowest BCUT2D eigenvalue weighted by Crippen LogP contribution is -1.89. The molecule has 0 fully saturated rings. The van der Waals surface area contributed by atoms with E-state index in [0.717, 1.165) is 42.7 Å². The Labute approximate surface area is 165 Å². The fourth-order valence-electron chi connectivity index (χ4n) is 2.88. The molecule has 0 amide bonds. The van der Waals surface area contributed by atoms with Gasteiger partial charge < -0.3 is 9.47 Å². The Morgan fingerprint density at radius 3 is 1.88 bits per heavy atom. The lowest BCUT2D eigenvalue weighted by atomic mass is 10.2. The van der Waals surface area contributed by atoms with E-state index in [2.05, 4.69) is 32.8 Å². The highest BCUT2D eigenvalue weighted by atomic mass is 127. The molecule has 0 unspecified atom stereocenters. The first-order chi connectivity index (χ1) is 12.4. The SMILES string of the molecule is COc1ccc2c(c1)c(C)nn2C.COc1ccc2c(c1)c(I)nn2C. The van der Waals surface area contributed by atoms with Crippen LogP contribution in [0, 0.1) is 10.6 Å². The molecule has 0 bridgehead atoms. The normalized spacial score (nSPS) is 10.7. The molecule has 6 nitrogen and oxygen atoms in total. The van der Waals surface area contributed by atoms with Crippen LogP contribution in [0.3, 0.4) is 0 Å². The zero-order valence-corrected chi connectivity index (χ0v) is 17.6. The molecule has 4 aromatic rings. The first-order valence-corrected chi connectivity index (χ1v) is 9.16. The highest BCUT2D eigenvalue weighted by Crippen LogP contribution is 2.24. The van der Waals surface area contributed by atoms with Crippen LogP contribution in [-0.4, -0.2) is 33.8 Å². The Balaban J connectivity index is 0.000000151. The van der Waals surface area contributed by atoms with Gasteiger partial charge in [0.25, 0.3) is 0 Å². The molecule has 0 atom stereocenters. The summed E-state index contributed by atoms with van der Waals surface area (Å²) in [5.41, 5.74) is 3.31. The van der Waals surface area contributed by atoms with Crippen LogP contribution < -0.4 is 9.47 Å². The standard InChI is InChI=1S/C10H12N2O.C9H9IN2O/c1-7-9-6-8(13-3)4-5-10(9)12(2)11-7;1-12-8-4-3-6(13-2)5-7(8)9(10)11-12/h4-6H,1-3H3;3-5H,1-2H3. The van der Waals surface area contributed by atoms with Gasteiger partial charge in [-0.2, -0.15) is 10.2 Å². The van der Waals surface area contributed by atoms with Crippen molar-refractivity contribution in [2.45, 2.75) is 6.92 Å². The van der Waals surface area contributed by atoms with Gasteiger partial charge in [-0.3, -0.25) is 9.36 Å². The highest BCUT2D eigenvalue weighted by molar-refractivity contribution is 14.1. The van der Waals surface area contributed by atoms with E-state index < -0.39 is 0 Å². The van der Waals surface area contributed by atoms with E-state index >= 15 is 0 Å². The van der Waals surface area contributed by atoms with Crippen LogP contribution in [-0.2, 0) is 14.1 Å². The van der Waals surface area contributed by atoms with E-state index in [4.69, 9.17) is 9.47 Å². The van der Waals surface area contributed by atoms with Gasteiger partial charge in [-0.05, 0) is 65.9 Å². The van der Waals surface area contributed by atoms with Crippen molar-refractivity contribution in [1.82, 2.24) is 19.6 Å². The zero-order valence-electron chi connectivity index (χ0n) is 15.4. The molecular formula is C19H21IN4O2. The van der Waals surface area contributed by atoms with E-state index in [9.17, 15) is 0 Å². The van der Waals surface area contributed by atoms with Gasteiger partial charge in [-0.15, -0.1) is 0 Å². The van der Waals surface area contributed by atoms with Crippen molar-refractivity contribution in [2.75, 3.05) is 14.2 Å². The number of hydrogen-bond donors (Lipinski definition) is 0. The Morgan fingerprint density at radius 1 is 0.808 bits per heavy atom. The van der Waals surface area contributed by atoms with Crippen LogP contribution in [0.15, 0.2) is 36.4 Å². The van der Waals surface area contributed by atoms with Gasteiger partial charge in [0.1, 0.15) is 15.2 Å². The van der Waals surface area contributed by atoms with Gasteiger partial charge in [0.15, 0.2) is 0 Å². The minimum absolute atomic E-state index is 0.874. The number of hydrogen-bond acceptors (Lipinski definition) is 4. The van der Waals surface area contributed by atoms with Crippen LogP contribution in [0.25, 0.3) is 21.8 Å². The first kappa shape index (κ1) is 18.5. The summed E-state index contributed by atoms with van der Waals surface area (Å²) >= 11 is 2.22. The van der Waals surface area contributed by atoms with Crippen molar-refractivity contribution in [3.8, 4) is 11.5 Å². The molecule has 0 radical (unpaired) electrons. The molecular weight excluding hydrogens is 443 g/mol. The third-order valence-corrected chi connectivity index (χ3v) is 5.05. The molecule has 4 rings (SSSR count). The van der Waals surface area contributed by atoms with Crippen molar-refractivity contribution in [3.63, 3.8) is 0 Å². The van der Waals surface area contributed by atoms with Gasteiger partial charge in [0.2, 0.25) is 0 Å². The number of nitrogens with zero attached hydrogens (tertiary/aromatic N) is 4. The molecule has 2 aromatic heterocycles. The zero-order chi connectivity index (χ0) is 18.8. The maximum Gasteiger partial charge on any atom is 0.131 e. The quantitative estimate of drug-likeness (QED) is 0.420. The Kier molecular flexibility index (Phi) is 5.36. The fraction of sp³-hybridized carbons (Fsp3) is 0.263. The summed E-state index contributed by atoms with van der Waals surface area (Å²) in [6.45, 7) is 2.00. The van der Waals surface area contributed by atoms with Gasteiger partial charge in [0, 0.05) is 24.9 Å². The predicted octanol–water partition coefficient (Wildman–Crippen LogP) is 4.08. The average Bonchev–Trinajstić information content (AvgIpc) is 3.10. The minimum atomic E-state index is 0.874. The molecule has 0 saturated heterocycles.